The Kier molecular flexibility index (Phi) is 5.35. The van der Waals surface area contributed by atoms with Crippen molar-refractivity contribution in [3.63, 3.8) is 0 Å². The Bertz CT molecular complexity index is 270. The van der Waals surface area contributed by atoms with E-state index in [1.165, 1.54) is 32.1 Å². The third kappa shape index (κ3) is 4.33. The maximum atomic E-state index is 3.42. The molecule has 2 aliphatic rings. The first kappa shape index (κ1) is 12.9. The van der Waals surface area contributed by atoms with Crippen molar-refractivity contribution in [3.05, 3.63) is 0 Å². The lowest BCUT2D eigenvalue weighted by atomic mass is 9.87. The number of nitrogens with one attached hydrogen (secondary N) is 1. The van der Waals surface area contributed by atoms with Gasteiger partial charge in [-0.3, -0.25) is 4.90 Å². The second kappa shape index (κ2) is 7.03. The number of nitrogens with zero attached hydrogens (tertiary/aromatic N) is 1. The van der Waals surface area contributed by atoms with Crippen molar-refractivity contribution >= 4 is 0 Å². The molecule has 0 amide bonds. The van der Waals surface area contributed by atoms with Gasteiger partial charge in [-0.1, -0.05) is 25.2 Å². The first-order valence-electron chi connectivity index (χ1n) is 7.27. The topological polar surface area (TPSA) is 15.3 Å². The molecule has 2 rings (SSSR count). The monoisotopic (exact) mass is 234 g/mol. The standard InChI is InChI=1S/C15H26N2/c1-14-13-16-10-12-17(14)11-6-5-9-15-7-3-2-4-8-15/h14-16H,2-4,7-13H2,1H3. The summed E-state index contributed by atoms with van der Waals surface area (Å²) in [4.78, 5) is 2.49. The predicted octanol–water partition coefficient (Wildman–Crippen LogP) is 2.25. The summed E-state index contributed by atoms with van der Waals surface area (Å²) in [6.07, 6.45) is 8.28. The lowest BCUT2D eigenvalue weighted by molar-refractivity contribution is 0.195. The third-order valence-corrected chi connectivity index (χ3v) is 4.16. The average Bonchev–Trinajstić information content (AvgIpc) is 2.38. The minimum absolute atomic E-state index is 0.646. The van der Waals surface area contributed by atoms with E-state index in [9.17, 15) is 0 Å². The van der Waals surface area contributed by atoms with Gasteiger partial charge in [-0.15, -0.1) is 5.92 Å². The van der Waals surface area contributed by atoms with E-state index in [1.54, 1.807) is 0 Å². The fourth-order valence-corrected chi connectivity index (χ4v) is 2.88. The van der Waals surface area contributed by atoms with Crippen molar-refractivity contribution in [2.75, 3.05) is 26.2 Å². The van der Waals surface area contributed by atoms with Crippen LogP contribution in [-0.4, -0.2) is 37.1 Å². The fraction of sp³-hybridized carbons (Fsp3) is 0.867. The largest absolute Gasteiger partial charge is 0.314 e. The quantitative estimate of drug-likeness (QED) is 0.737. The molecule has 0 aromatic rings. The van der Waals surface area contributed by atoms with Crippen molar-refractivity contribution in [3.8, 4) is 11.8 Å². The molecule has 1 atom stereocenters. The van der Waals surface area contributed by atoms with Crippen LogP contribution in [0.15, 0.2) is 0 Å². The Balaban J connectivity index is 1.66. The van der Waals surface area contributed by atoms with E-state index in [1.807, 2.05) is 0 Å². The number of piperazine rings is 1. The summed E-state index contributed by atoms with van der Waals surface area (Å²) in [5.74, 6) is 7.69. The van der Waals surface area contributed by atoms with Crippen LogP contribution in [0.1, 0.15) is 45.4 Å². The molecule has 0 bridgehead atoms. The molecular formula is C15H26N2. The van der Waals surface area contributed by atoms with Crippen molar-refractivity contribution in [2.24, 2.45) is 5.92 Å². The molecule has 2 heteroatoms. The van der Waals surface area contributed by atoms with Gasteiger partial charge in [-0.05, 0) is 25.7 Å². The van der Waals surface area contributed by atoms with E-state index in [2.05, 4.69) is 29.0 Å². The van der Waals surface area contributed by atoms with Crippen molar-refractivity contribution in [2.45, 2.75) is 51.5 Å². The normalized spacial score (nSPS) is 27.5. The molecule has 1 saturated carbocycles. The summed E-state index contributed by atoms with van der Waals surface area (Å²) in [6.45, 7) is 6.64. The molecule has 2 fully saturated rings. The van der Waals surface area contributed by atoms with Crippen LogP contribution in [0.3, 0.4) is 0 Å². The van der Waals surface area contributed by atoms with Crippen LogP contribution in [0.4, 0.5) is 0 Å². The van der Waals surface area contributed by atoms with Crippen LogP contribution in [0.25, 0.3) is 0 Å². The average molecular weight is 234 g/mol. The summed E-state index contributed by atoms with van der Waals surface area (Å²) in [5.41, 5.74) is 0. The molecule has 0 aromatic heterocycles. The Morgan fingerprint density at radius 1 is 1.18 bits per heavy atom. The molecule has 0 radical (unpaired) electrons. The lowest BCUT2D eigenvalue weighted by Gasteiger charge is -2.32. The molecule has 17 heavy (non-hydrogen) atoms. The number of hydrogen-bond acceptors (Lipinski definition) is 2. The summed E-state index contributed by atoms with van der Waals surface area (Å²) in [6, 6.07) is 0.646. The van der Waals surface area contributed by atoms with Gasteiger partial charge in [0.2, 0.25) is 0 Å². The van der Waals surface area contributed by atoms with Crippen LogP contribution in [-0.2, 0) is 0 Å². The fourth-order valence-electron chi connectivity index (χ4n) is 2.88. The van der Waals surface area contributed by atoms with Crippen molar-refractivity contribution < 1.29 is 0 Å². The summed E-state index contributed by atoms with van der Waals surface area (Å²) >= 11 is 0. The van der Waals surface area contributed by atoms with Gasteiger partial charge in [0.25, 0.3) is 0 Å². The number of hydrogen-bond donors (Lipinski definition) is 1. The van der Waals surface area contributed by atoms with E-state index < -0.39 is 0 Å². The second-order valence-corrected chi connectivity index (χ2v) is 5.59. The Hall–Kier alpha value is -0.520. The Morgan fingerprint density at radius 3 is 2.76 bits per heavy atom. The zero-order chi connectivity index (χ0) is 11.9. The molecule has 0 aromatic carbocycles. The van der Waals surface area contributed by atoms with E-state index in [-0.39, 0.29) is 0 Å². The van der Waals surface area contributed by atoms with Crippen molar-refractivity contribution in [1.82, 2.24) is 10.2 Å². The summed E-state index contributed by atoms with van der Waals surface area (Å²) < 4.78 is 0. The first-order chi connectivity index (χ1) is 8.36. The maximum Gasteiger partial charge on any atom is 0.0604 e. The van der Waals surface area contributed by atoms with Crippen LogP contribution < -0.4 is 5.32 Å². The molecule has 1 heterocycles. The summed E-state index contributed by atoms with van der Waals surface area (Å²) in [5, 5.41) is 3.42. The minimum Gasteiger partial charge on any atom is -0.314 e. The van der Waals surface area contributed by atoms with Gasteiger partial charge >= 0.3 is 0 Å². The second-order valence-electron chi connectivity index (χ2n) is 5.59. The van der Waals surface area contributed by atoms with Crippen molar-refractivity contribution in [1.29, 1.82) is 0 Å². The lowest BCUT2D eigenvalue weighted by Crippen LogP contribution is -2.49. The summed E-state index contributed by atoms with van der Waals surface area (Å²) in [7, 11) is 0. The van der Waals surface area contributed by atoms with E-state index >= 15 is 0 Å². The predicted molar refractivity (Wildman–Crippen MR) is 72.9 cm³/mol. The Morgan fingerprint density at radius 2 is 2.00 bits per heavy atom. The van der Waals surface area contributed by atoms with Gasteiger partial charge in [0.15, 0.2) is 0 Å². The molecule has 96 valence electrons. The van der Waals surface area contributed by atoms with Gasteiger partial charge in [-0.25, -0.2) is 0 Å². The highest BCUT2D eigenvalue weighted by Gasteiger charge is 2.16. The molecule has 1 N–H and O–H groups in total. The minimum atomic E-state index is 0.646. The molecule has 0 spiro atoms. The van der Waals surface area contributed by atoms with Crippen LogP contribution >= 0.6 is 0 Å². The van der Waals surface area contributed by atoms with Crippen LogP contribution in [0, 0.1) is 17.8 Å². The maximum absolute atomic E-state index is 3.42. The highest BCUT2D eigenvalue weighted by molar-refractivity contribution is 5.03. The molecular weight excluding hydrogens is 208 g/mol. The van der Waals surface area contributed by atoms with Gasteiger partial charge < -0.3 is 5.32 Å². The smallest absolute Gasteiger partial charge is 0.0604 e. The van der Waals surface area contributed by atoms with E-state index in [4.69, 9.17) is 0 Å². The molecule has 1 unspecified atom stereocenters. The Labute approximate surface area is 106 Å². The van der Waals surface area contributed by atoms with Gasteiger partial charge in [0.1, 0.15) is 0 Å². The zero-order valence-electron chi connectivity index (χ0n) is 11.2. The van der Waals surface area contributed by atoms with Gasteiger partial charge in [-0.2, -0.15) is 0 Å². The molecule has 1 aliphatic heterocycles. The molecule has 1 aliphatic carbocycles. The van der Waals surface area contributed by atoms with Crippen LogP contribution in [0.2, 0.25) is 0 Å². The first-order valence-corrected chi connectivity index (χ1v) is 7.27. The van der Waals surface area contributed by atoms with E-state index in [0.29, 0.717) is 6.04 Å². The van der Waals surface area contributed by atoms with E-state index in [0.717, 1.165) is 38.5 Å². The third-order valence-electron chi connectivity index (χ3n) is 4.16. The highest BCUT2D eigenvalue weighted by atomic mass is 15.2. The SMILES string of the molecule is CC1CNCCN1CC#CCC1CCCCC1. The zero-order valence-corrected chi connectivity index (χ0v) is 11.2. The van der Waals surface area contributed by atoms with Crippen LogP contribution in [0.5, 0.6) is 0 Å². The molecule has 2 nitrogen and oxygen atoms in total. The highest BCUT2D eigenvalue weighted by Crippen LogP contribution is 2.25. The molecule has 1 saturated heterocycles. The number of rotatable bonds is 2. The van der Waals surface area contributed by atoms with Gasteiger partial charge in [0.05, 0.1) is 6.54 Å². The van der Waals surface area contributed by atoms with Gasteiger partial charge in [0, 0.05) is 32.1 Å².